The van der Waals surface area contributed by atoms with Crippen LogP contribution >= 0.6 is 11.6 Å². The third-order valence-electron chi connectivity index (χ3n) is 3.00. The maximum atomic E-state index is 5.97. The first-order valence-electron chi connectivity index (χ1n) is 6.49. The van der Waals surface area contributed by atoms with Crippen molar-refractivity contribution in [1.82, 2.24) is 9.97 Å². The second kappa shape index (κ2) is 5.89. The molecule has 4 nitrogen and oxygen atoms in total. The molecule has 0 saturated heterocycles. The quantitative estimate of drug-likeness (QED) is 0.586. The minimum absolute atomic E-state index is 0.666. The van der Waals surface area contributed by atoms with Gasteiger partial charge in [-0.25, -0.2) is 0 Å². The van der Waals surface area contributed by atoms with Crippen molar-refractivity contribution in [3.63, 3.8) is 0 Å². The van der Waals surface area contributed by atoms with Crippen LogP contribution in [-0.2, 0) is 0 Å². The van der Waals surface area contributed by atoms with E-state index in [0.29, 0.717) is 5.02 Å². The number of hydrazone groups is 1. The Hall–Kier alpha value is -2.46. The zero-order valence-electron chi connectivity index (χ0n) is 11.4. The number of nitrogens with one attached hydrogen (secondary N) is 1. The summed E-state index contributed by atoms with van der Waals surface area (Å²) in [6.45, 7) is 1.95. The second-order valence-electron chi connectivity index (χ2n) is 4.59. The third kappa shape index (κ3) is 3.17. The standard InChI is InChI=1S/C16H13ClN4/c1-11-3-2-4-13(20-11)10-19-21-15-7-8-18-16-9-12(17)5-6-14(15)16/h2-10H,1H3,(H,18,21)/b19-10+. The smallest absolute Gasteiger partial charge is 0.0833 e. The van der Waals surface area contributed by atoms with Crippen LogP contribution in [0.15, 0.2) is 53.8 Å². The molecule has 0 atom stereocenters. The number of hydrogen-bond donors (Lipinski definition) is 1. The fourth-order valence-corrected chi connectivity index (χ4v) is 2.19. The molecule has 104 valence electrons. The molecule has 0 radical (unpaired) electrons. The van der Waals surface area contributed by atoms with Gasteiger partial charge in [-0.15, -0.1) is 0 Å². The number of nitrogens with zero attached hydrogens (tertiary/aromatic N) is 3. The molecule has 5 heteroatoms. The number of aromatic nitrogens is 2. The van der Waals surface area contributed by atoms with Crippen LogP contribution in [0.25, 0.3) is 10.9 Å². The van der Waals surface area contributed by atoms with Crippen molar-refractivity contribution >= 4 is 34.4 Å². The van der Waals surface area contributed by atoms with Gasteiger partial charge in [0.15, 0.2) is 0 Å². The predicted molar refractivity (Wildman–Crippen MR) is 86.9 cm³/mol. The van der Waals surface area contributed by atoms with Crippen molar-refractivity contribution in [2.45, 2.75) is 6.92 Å². The summed E-state index contributed by atoms with van der Waals surface area (Å²) in [4.78, 5) is 8.65. The summed E-state index contributed by atoms with van der Waals surface area (Å²) >= 11 is 5.97. The first kappa shape index (κ1) is 13.5. The zero-order valence-corrected chi connectivity index (χ0v) is 12.2. The molecular weight excluding hydrogens is 284 g/mol. The van der Waals surface area contributed by atoms with Crippen LogP contribution in [0.1, 0.15) is 11.4 Å². The summed E-state index contributed by atoms with van der Waals surface area (Å²) in [6, 6.07) is 13.3. The summed E-state index contributed by atoms with van der Waals surface area (Å²) in [6.07, 6.45) is 3.41. The Morgan fingerprint density at radius 3 is 2.95 bits per heavy atom. The number of rotatable bonds is 3. The lowest BCUT2D eigenvalue weighted by molar-refractivity contribution is 1.18. The van der Waals surface area contributed by atoms with Gasteiger partial charge in [0.2, 0.25) is 0 Å². The Balaban J connectivity index is 1.85. The number of fused-ring (bicyclic) bond motifs is 1. The van der Waals surface area contributed by atoms with E-state index in [0.717, 1.165) is 28.0 Å². The second-order valence-corrected chi connectivity index (χ2v) is 5.03. The highest BCUT2D eigenvalue weighted by atomic mass is 35.5. The molecule has 0 unspecified atom stereocenters. The van der Waals surface area contributed by atoms with Crippen LogP contribution in [-0.4, -0.2) is 16.2 Å². The van der Waals surface area contributed by atoms with Gasteiger partial charge in [-0.2, -0.15) is 5.10 Å². The third-order valence-corrected chi connectivity index (χ3v) is 3.23. The van der Waals surface area contributed by atoms with E-state index in [-0.39, 0.29) is 0 Å². The molecule has 1 N–H and O–H groups in total. The van der Waals surface area contributed by atoms with E-state index in [1.165, 1.54) is 0 Å². The van der Waals surface area contributed by atoms with Crippen LogP contribution in [0.5, 0.6) is 0 Å². The highest BCUT2D eigenvalue weighted by Crippen LogP contribution is 2.24. The van der Waals surface area contributed by atoms with Crippen LogP contribution < -0.4 is 5.43 Å². The topological polar surface area (TPSA) is 50.2 Å². The zero-order chi connectivity index (χ0) is 14.7. The molecular formula is C16H13ClN4. The molecule has 0 bridgehead atoms. The van der Waals surface area contributed by atoms with Gasteiger partial charge >= 0.3 is 0 Å². The van der Waals surface area contributed by atoms with E-state index in [9.17, 15) is 0 Å². The monoisotopic (exact) mass is 296 g/mol. The summed E-state index contributed by atoms with van der Waals surface area (Å²) in [7, 11) is 0. The lowest BCUT2D eigenvalue weighted by Crippen LogP contribution is -1.95. The molecule has 2 aromatic heterocycles. The Bertz CT molecular complexity index is 814. The number of aryl methyl sites for hydroxylation is 1. The summed E-state index contributed by atoms with van der Waals surface area (Å²) < 4.78 is 0. The number of hydrogen-bond acceptors (Lipinski definition) is 4. The van der Waals surface area contributed by atoms with E-state index in [4.69, 9.17) is 11.6 Å². The van der Waals surface area contributed by atoms with Gasteiger partial charge in [0.1, 0.15) is 0 Å². The molecule has 0 aliphatic heterocycles. The fourth-order valence-electron chi connectivity index (χ4n) is 2.02. The average molecular weight is 297 g/mol. The minimum Gasteiger partial charge on any atom is -0.278 e. The average Bonchev–Trinajstić information content (AvgIpc) is 2.47. The van der Waals surface area contributed by atoms with E-state index in [2.05, 4.69) is 20.5 Å². The Labute approximate surface area is 127 Å². The first-order chi connectivity index (χ1) is 10.2. The first-order valence-corrected chi connectivity index (χ1v) is 6.87. The fraction of sp³-hybridized carbons (Fsp3) is 0.0625. The highest BCUT2D eigenvalue weighted by molar-refractivity contribution is 6.31. The maximum Gasteiger partial charge on any atom is 0.0833 e. The molecule has 0 saturated carbocycles. The molecule has 0 aliphatic rings. The summed E-state index contributed by atoms with van der Waals surface area (Å²) in [5, 5.41) is 5.86. The van der Waals surface area contributed by atoms with Crippen molar-refractivity contribution in [2.75, 3.05) is 5.43 Å². The maximum absolute atomic E-state index is 5.97. The largest absolute Gasteiger partial charge is 0.278 e. The van der Waals surface area contributed by atoms with E-state index < -0.39 is 0 Å². The Morgan fingerprint density at radius 2 is 2.10 bits per heavy atom. The van der Waals surface area contributed by atoms with E-state index >= 15 is 0 Å². The van der Waals surface area contributed by atoms with Gasteiger partial charge < -0.3 is 0 Å². The number of benzene rings is 1. The van der Waals surface area contributed by atoms with Crippen molar-refractivity contribution in [1.29, 1.82) is 0 Å². The Morgan fingerprint density at radius 1 is 1.19 bits per heavy atom. The van der Waals surface area contributed by atoms with Gasteiger partial charge in [0.25, 0.3) is 0 Å². The van der Waals surface area contributed by atoms with E-state index in [1.807, 2.05) is 49.4 Å². The molecule has 0 spiro atoms. The molecule has 0 amide bonds. The van der Waals surface area contributed by atoms with Crippen molar-refractivity contribution in [3.05, 3.63) is 65.1 Å². The molecule has 2 heterocycles. The SMILES string of the molecule is Cc1cccc(/C=N/Nc2ccnc3cc(Cl)ccc23)n1. The lowest BCUT2D eigenvalue weighted by atomic mass is 10.2. The van der Waals surface area contributed by atoms with Crippen LogP contribution in [0.3, 0.4) is 0 Å². The minimum atomic E-state index is 0.666. The molecule has 3 aromatic rings. The van der Waals surface area contributed by atoms with E-state index in [1.54, 1.807) is 12.4 Å². The van der Waals surface area contributed by atoms with Crippen LogP contribution in [0.2, 0.25) is 5.02 Å². The number of pyridine rings is 2. The summed E-state index contributed by atoms with van der Waals surface area (Å²) in [5.74, 6) is 0. The van der Waals surface area contributed by atoms with Gasteiger partial charge in [0, 0.05) is 22.3 Å². The normalized spacial score (nSPS) is 11.1. The Kier molecular flexibility index (Phi) is 3.79. The molecule has 3 rings (SSSR count). The van der Waals surface area contributed by atoms with Crippen molar-refractivity contribution in [3.8, 4) is 0 Å². The predicted octanol–water partition coefficient (Wildman–Crippen LogP) is 4.04. The highest BCUT2D eigenvalue weighted by Gasteiger charge is 2.01. The summed E-state index contributed by atoms with van der Waals surface area (Å²) in [5.41, 5.74) is 6.50. The van der Waals surface area contributed by atoms with Gasteiger partial charge in [-0.05, 0) is 43.3 Å². The number of halogens is 1. The van der Waals surface area contributed by atoms with Gasteiger partial charge in [0.05, 0.1) is 23.1 Å². The molecule has 0 aliphatic carbocycles. The lowest BCUT2D eigenvalue weighted by Gasteiger charge is -2.05. The number of anilines is 1. The van der Waals surface area contributed by atoms with Crippen LogP contribution in [0, 0.1) is 6.92 Å². The van der Waals surface area contributed by atoms with Gasteiger partial charge in [-0.1, -0.05) is 17.7 Å². The molecule has 1 aromatic carbocycles. The van der Waals surface area contributed by atoms with Crippen molar-refractivity contribution < 1.29 is 0 Å². The van der Waals surface area contributed by atoms with Crippen molar-refractivity contribution in [2.24, 2.45) is 5.10 Å². The molecule has 21 heavy (non-hydrogen) atoms. The van der Waals surface area contributed by atoms with Crippen LogP contribution in [0.4, 0.5) is 5.69 Å². The van der Waals surface area contributed by atoms with Gasteiger partial charge in [-0.3, -0.25) is 15.4 Å². The molecule has 0 fully saturated rings.